The zero-order valence-electron chi connectivity index (χ0n) is 53.9. The number of aliphatic hydroxyl groups excluding tert-OH is 1. The van der Waals surface area contributed by atoms with Gasteiger partial charge in [0.25, 0.3) is 22.9 Å². The molecule has 6 atom stereocenters. The first-order valence-electron chi connectivity index (χ1n) is 31.1. The van der Waals surface area contributed by atoms with Gasteiger partial charge in [-0.3, -0.25) is 19.2 Å². The molecule has 0 aliphatic carbocycles. The normalized spacial score (nSPS) is 17.3. The SMILES string of the molecule is CCl.COc1ccc(C(OCC2OC(n3ncc(NC(=O)c4ccccc4)cc3=O)CC2C)(c2ccccc2)c2ccc(OC)cc2)cc1.COc1ccc(C(OCC2OC(n3ncc(NC(=O)c4ccccc4)cc3=O)CC2O)(c2ccccc2)c2ccc(OC)cc2)cc1. The molecule has 10 aromatic rings. The summed E-state index contributed by atoms with van der Waals surface area (Å²) in [6.07, 6.45) is 1.56. The van der Waals surface area contributed by atoms with Gasteiger partial charge in [-0.15, -0.1) is 11.6 Å². The lowest BCUT2D eigenvalue weighted by Crippen LogP contribution is -2.38. The molecule has 0 bridgehead atoms. The Morgan fingerprint density at radius 3 is 1.10 bits per heavy atom. The predicted octanol–water partition coefficient (Wildman–Crippen LogP) is 12.5. The summed E-state index contributed by atoms with van der Waals surface area (Å²) in [7, 11) is 6.51. The van der Waals surface area contributed by atoms with Crippen LogP contribution in [-0.2, 0) is 30.1 Å². The fourth-order valence-electron chi connectivity index (χ4n) is 11.8. The molecule has 2 aromatic heterocycles. The highest BCUT2D eigenvalue weighted by atomic mass is 35.5. The zero-order chi connectivity index (χ0) is 67.6. The number of amides is 2. The Balaban J connectivity index is 0.000000204. The van der Waals surface area contributed by atoms with Crippen LogP contribution in [0.25, 0.3) is 0 Å². The van der Waals surface area contributed by atoms with Gasteiger partial charge >= 0.3 is 0 Å². The van der Waals surface area contributed by atoms with Gasteiger partial charge in [-0.2, -0.15) is 10.2 Å². The van der Waals surface area contributed by atoms with Crippen molar-refractivity contribution in [1.82, 2.24) is 19.6 Å². The molecule has 2 amide bonds. The molecule has 2 aliphatic rings. The Hall–Kier alpha value is -10.3. The third-order valence-corrected chi connectivity index (χ3v) is 16.8. The number of aromatic nitrogens is 4. The van der Waals surface area contributed by atoms with Crippen LogP contribution in [0.15, 0.2) is 253 Å². The lowest BCUT2D eigenvalue weighted by molar-refractivity contribution is -0.0964. The number of carbonyl (C=O) groups is 2. The van der Waals surface area contributed by atoms with Crippen molar-refractivity contribution < 1.29 is 52.6 Å². The molecule has 19 nitrogen and oxygen atoms in total. The Morgan fingerprint density at radius 2 is 0.771 bits per heavy atom. The quantitative estimate of drug-likeness (QED) is 0.0424. The number of rotatable bonds is 22. The fraction of sp³-hybridized carbons (Fsp3) is 0.237. The summed E-state index contributed by atoms with van der Waals surface area (Å²) in [5, 5.41) is 25.2. The van der Waals surface area contributed by atoms with Crippen molar-refractivity contribution in [1.29, 1.82) is 0 Å². The first-order chi connectivity index (χ1) is 46.8. The van der Waals surface area contributed by atoms with Gasteiger partial charge in [0, 0.05) is 36.1 Å². The van der Waals surface area contributed by atoms with Crippen molar-refractivity contribution in [3.05, 3.63) is 308 Å². The van der Waals surface area contributed by atoms with E-state index in [1.54, 1.807) is 77.0 Å². The Kier molecular flexibility index (Phi) is 23.1. The number of methoxy groups -OCH3 is 4. The predicted molar refractivity (Wildman–Crippen MR) is 366 cm³/mol. The second-order valence-electron chi connectivity index (χ2n) is 22.6. The average Bonchev–Trinajstić information content (AvgIpc) is 0.784. The topological polar surface area (TPSA) is 222 Å². The molecule has 3 N–H and O–H groups in total. The maximum atomic E-state index is 13.2. The molecule has 2 saturated heterocycles. The smallest absolute Gasteiger partial charge is 0.271 e. The molecule has 0 saturated carbocycles. The summed E-state index contributed by atoms with van der Waals surface area (Å²) in [5.41, 5.74) is 3.90. The minimum Gasteiger partial charge on any atom is -0.497 e. The number of alkyl halides is 1. The van der Waals surface area contributed by atoms with E-state index >= 15 is 0 Å². The molecule has 0 spiro atoms. The summed E-state index contributed by atoms with van der Waals surface area (Å²) in [6.45, 7) is 2.31. The number of halogens is 1. The molecule has 96 heavy (non-hydrogen) atoms. The van der Waals surface area contributed by atoms with Crippen LogP contribution in [0, 0.1) is 5.92 Å². The van der Waals surface area contributed by atoms with Crippen molar-refractivity contribution in [3.63, 3.8) is 0 Å². The van der Waals surface area contributed by atoms with Gasteiger partial charge in [-0.05, 0) is 119 Å². The lowest BCUT2D eigenvalue weighted by atomic mass is 9.80. The van der Waals surface area contributed by atoms with Crippen molar-refractivity contribution in [2.75, 3.05) is 58.7 Å². The number of aliphatic hydroxyl groups is 1. The first-order valence-corrected chi connectivity index (χ1v) is 31.8. The highest BCUT2D eigenvalue weighted by molar-refractivity contribution is 6.15. The second-order valence-corrected chi connectivity index (χ2v) is 22.6. The van der Waals surface area contributed by atoms with Gasteiger partial charge in [0.1, 0.15) is 40.3 Å². The number of nitrogens with zero attached hydrogens (tertiary/aromatic N) is 4. The molecule has 8 aromatic carbocycles. The number of anilines is 2. The third kappa shape index (κ3) is 15.6. The maximum absolute atomic E-state index is 13.2. The molecule has 4 heterocycles. The van der Waals surface area contributed by atoms with E-state index in [0.29, 0.717) is 34.7 Å². The van der Waals surface area contributed by atoms with Crippen LogP contribution in [0.1, 0.15) is 86.3 Å². The molecule has 2 fully saturated rings. The van der Waals surface area contributed by atoms with Crippen LogP contribution in [-0.4, -0.2) is 103 Å². The number of nitrogens with one attached hydrogen (secondary N) is 2. The summed E-state index contributed by atoms with van der Waals surface area (Å²) in [4.78, 5) is 51.3. The maximum Gasteiger partial charge on any atom is 0.271 e. The van der Waals surface area contributed by atoms with E-state index in [1.165, 1.54) is 40.3 Å². The van der Waals surface area contributed by atoms with E-state index in [9.17, 15) is 24.3 Å². The monoisotopic (exact) mass is 1310 g/mol. The van der Waals surface area contributed by atoms with Gasteiger partial charge in [-0.25, -0.2) is 9.36 Å². The van der Waals surface area contributed by atoms with Crippen molar-refractivity contribution in [3.8, 4) is 23.0 Å². The minimum atomic E-state index is -1.10. The Bertz CT molecular complexity index is 3880. The molecule has 494 valence electrons. The van der Waals surface area contributed by atoms with Crippen molar-refractivity contribution in [2.24, 2.45) is 5.92 Å². The van der Waals surface area contributed by atoms with Crippen molar-refractivity contribution >= 4 is 34.8 Å². The first kappa shape index (κ1) is 68.6. The minimum absolute atomic E-state index is 0.00934. The molecular formula is C76H75ClN6O13. The highest BCUT2D eigenvalue weighted by Crippen LogP contribution is 2.45. The summed E-state index contributed by atoms with van der Waals surface area (Å²) < 4.78 is 50.8. The zero-order valence-corrected chi connectivity index (χ0v) is 54.7. The molecule has 0 radical (unpaired) electrons. The summed E-state index contributed by atoms with van der Waals surface area (Å²) in [5.74, 6) is 2.27. The van der Waals surface area contributed by atoms with Crippen LogP contribution in [0.4, 0.5) is 11.4 Å². The molecule has 20 heteroatoms. The van der Waals surface area contributed by atoms with Gasteiger partial charge in [0.15, 0.2) is 12.5 Å². The van der Waals surface area contributed by atoms with Crippen LogP contribution >= 0.6 is 11.6 Å². The second kappa shape index (κ2) is 32.3. The lowest BCUT2D eigenvalue weighted by Gasteiger charge is -2.37. The Labute approximate surface area is 561 Å². The highest BCUT2D eigenvalue weighted by Gasteiger charge is 2.44. The Morgan fingerprint density at radius 1 is 0.469 bits per heavy atom. The largest absolute Gasteiger partial charge is 0.497 e. The summed E-state index contributed by atoms with van der Waals surface area (Å²) in [6, 6.07) is 71.1. The number of hydrogen-bond acceptors (Lipinski definition) is 15. The van der Waals surface area contributed by atoms with Crippen LogP contribution in [0.2, 0.25) is 0 Å². The summed E-state index contributed by atoms with van der Waals surface area (Å²) >= 11 is 4.64. The number of ether oxygens (including phenoxy) is 8. The van der Waals surface area contributed by atoms with Gasteiger partial charge in [-0.1, -0.05) is 153 Å². The molecule has 6 unspecified atom stereocenters. The van der Waals surface area contributed by atoms with E-state index in [1.807, 2.05) is 158 Å². The number of hydrogen-bond donors (Lipinski definition) is 3. The van der Waals surface area contributed by atoms with Crippen LogP contribution in [0.3, 0.4) is 0 Å². The number of benzene rings is 8. The van der Waals surface area contributed by atoms with Crippen LogP contribution in [0.5, 0.6) is 23.0 Å². The molecule has 2 aliphatic heterocycles. The van der Waals surface area contributed by atoms with E-state index in [4.69, 9.17) is 37.9 Å². The molecular weight excluding hydrogens is 1240 g/mol. The van der Waals surface area contributed by atoms with Gasteiger partial charge in [0.2, 0.25) is 0 Å². The molecule has 12 rings (SSSR count). The van der Waals surface area contributed by atoms with E-state index in [-0.39, 0.29) is 54.7 Å². The standard InChI is InChI=1S/C38H37N3O6.C37H35N3O7.CH3Cl/c1-26-22-36(41-35(42)23-31(24-39-41)40-37(43)27-10-6-4-7-11-27)47-34(26)25-46-38(28-12-8-5-9-13-28,29-14-18-32(44-2)19-15-29)30-16-20-33(45-3)21-17-30;1-44-30-17-13-27(14-18-30)37(26-11-7-4-8-12-26,28-15-19-31(45-2)20-16-28)46-24-33-32(41)22-35(47-33)40-34(42)21-29(23-38-40)39-36(43)25-9-5-3-6-10-25;1-2/h4-21,23-24,26,34,36H,22,25H2,1-3H3,(H,40,43);3-21,23,32-33,35,41H,22,24H2,1-2H3,(H,39,43);1H3. The van der Waals surface area contributed by atoms with Gasteiger partial charge in [0.05, 0.1) is 77.6 Å². The van der Waals surface area contributed by atoms with Crippen LogP contribution < -0.4 is 40.7 Å². The van der Waals surface area contributed by atoms with E-state index < -0.39 is 41.4 Å². The average molecular weight is 1320 g/mol. The van der Waals surface area contributed by atoms with Crippen molar-refractivity contribution in [2.45, 2.75) is 61.7 Å². The fourth-order valence-corrected chi connectivity index (χ4v) is 11.8. The van der Waals surface area contributed by atoms with E-state index in [0.717, 1.165) is 44.9 Å². The third-order valence-electron chi connectivity index (χ3n) is 16.8. The van der Waals surface area contributed by atoms with Gasteiger partial charge < -0.3 is 53.6 Å². The van der Waals surface area contributed by atoms with E-state index in [2.05, 4.69) is 51.5 Å². The number of carbonyl (C=O) groups excluding carboxylic acids is 2.